The summed E-state index contributed by atoms with van der Waals surface area (Å²) in [6.45, 7) is 8.94. The molecular weight excluding hydrogens is 299 g/mol. The summed E-state index contributed by atoms with van der Waals surface area (Å²) in [5.74, 6) is 1.39. The molecule has 1 N–H and O–H groups in total. The van der Waals surface area contributed by atoms with E-state index in [4.69, 9.17) is 0 Å². The van der Waals surface area contributed by atoms with Crippen LogP contribution >= 0.6 is 22.6 Å². The highest BCUT2D eigenvalue weighted by Gasteiger charge is 2.30. The first kappa shape index (κ1) is 12.8. The van der Waals surface area contributed by atoms with Gasteiger partial charge in [-0.1, -0.05) is 62.4 Å². The van der Waals surface area contributed by atoms with Gasteiger partial charge in [0.25, 0.3) is 0 Å². The summed E-state index contributed by atoms with van der Waals surface area (Å²) in [6, 6.07) is 7.62. The van der Waals surface area contributed by atoms with Crippen LogP contribution in [0.5, 0.6) is 5.75 Å². The molecule has 2 heteroatoms. The number of phenols is 1. The lowest BCUT2D eigenvalue weighted by atomic mass is 9.80. The summed E-state index contributed by atoms with van der Waals surface area (Å²) in [4.78, 5) is 0. The van der Waals surface area contributed by atoms with Crippen molar-refractivity contribution >= 4 is 22.6 Å². The molecule has 0 aromatic heterocycles. The molecule has 0 aliphatic carbocycles. The molecule has 0 fully saturated rings. The van der Waals surface area contributed by atoms with Gasteiger partial charge in [0.05, 0.1) is 0 Å². The molecule has 0 radical (unpaired) electrons. The second-order valence-electron chi connectivity index (χ2n) is 4.88. The van der Waals surface area contributed by atoms with Crippen LogP contribution in [0.2, 0.25) is 0 Å². The Balaban J connectivity index is 3.11. The van der Waals surface area contributed by atoms with E-state index in [2.05, 4.69) is 56.4 Å². The second kappa shape index (κ2) is 4.73. The van der Waals surface area contributed by atoms with Crippen molar-refractivity contribution in [1.82, 2.24) is 0 Å². The minimum Gasteiger partial charge on any atom is -0.508 e. The number of rotatable bonds is 3. The van der Waals surface area contributed by atoms with Crippen molar-refractivity contribution in [3.05, 3.63) is 29.8 Å². The van der Waals surface area contributed by atoms with Crippen LogP contribution in [0.3, 0.4) is 0 Å². The van der Waals surface area contributed by atoms with Gasteiger partial charge in [-0.3, -0.25) is 0 Å². The van der Waals surface area contributed by atoms with E-state index in [0.29, 0.717) is 17.6 Å². The van der Waals surface area contributed by atoms with E-state index in [9.17, 15) is 5.11 Å². The molecule has 0 heterocycles. The van der Waals surface area contributed by atoms with E-state index in [1.54, 1.807) is 6.07 Å². The van der Waals surface area contributed by atoms with E-state index >= 15 is 0 Å². The third kappa shape index (κ3) is 3.37. The topological polar surface area (TPSA) is 20.2 Å². The van der Waals surface area contributed by atoms with Gasteiger partial charge in [-0.25, -0.2) is 0 Å². The zero-order valence-electron chi connectivity index (χ0n) is 9.79. The maximum absolute atomic E-state index is 9.51. The second-order valence-corrected chi connectivity index (χ2v) is 7.66. The number of halogens is 1. The van der Waals surface area contributed by atoms with Gasteiger partial charge >= 0.3 is 0 Å². The normalized spacial score (nSPS) is 14.3. The fourth-order valence-corrected chi connectivity index (χ4v) is 3.37. The van der Waals surface area contributed by atoms with E-state index in [1.165, 1.54) is 5.56 Å². The van der Waals surface area contributed by atoms with E-state index < -0.39 is 0 Å². The molecule has 1 nitrogen and oxygen atoms in total. The van der Waals surface area contributed by atoms with Crippen LogP contribution in [0.15, 0.2) is 24.3 Å². The van der Waals surface area contributed by atoms with Crippen molar-refractivity contribution in [2.45, 2.75) is 37.0 Å². The van der Waals surface area contributed by atoms with Gasteiger partial charge in [0, 0.05) is 9.34 Å². The summed E-state index contributed by atoms with van der Waals surface area (Å²) >= 11 is 2.49. The monoisotopic (exact) mass is 318 g/mol. The number of alkyl halides is 1. The number of aromatic hydroxyl groups is 1. The molecule has 1 rings (SSSR count). The van der Waals surface area contributed by atoms with Gasteiger partial charge in [0.2, 0.25) is 0 Å². The average molecular weight is 318 g/mol. The van der Waals surface area contributed by atoms with Gasteiger partial charge < -0.3 is 5.11 Å². The maximum atomic E-state index is 9.51. The zero-order chi connectivity index (χ0) is 11.6. The van der Waals surface area contributed by atoms with Crippen molar-refractivity contribution in [3.8, 4) is 5.75 Å². The van der Waals surface area contributed by atoms with Crippen molar-refractivity contribution in [1.29, 1.82) is 0 Å². The van der Waals surface area contributed by atoms with E-state index in [1.807, 2.05) is 12.1 Å². The van der Waals surface area contributed by atoms with Crippen molar-refractivity contribution in [2.75, 3.05) is 0 Å². The predicted octanol–water partition coefficient (Wildman–Crippen LogP) is 4.35. The van der Waals surface area contributed by atoms with Crippen LogP contribution in [0.4, 0.5) is 0 Å². The van der Waals surface area contributed by atoms with Crippen LogP contribution in [0.25, 0.3) is 0 Å². The lowest BCUT2D eigenvalue weighted by molar-refractivity contribution is 0.429. The molecule has 1 atom stereocenters. The highest BCUT2D eigenvalue weighted by atomic mass is 127. The first-order valence-electron chi connectivity index (χ1n) is 5.30. The molecule has 0 aliphatic rings. The Morgan fingerprint density at radius 3 is 2.27 bits per heavy atom. The standard InChI is InChI=1S/C13H19IO/c1-9(2)12(13(3,4)14)10-6-5-7-11(15)8-10/h5-9,12,15H,1-4H3. The molecule has 0 spiro atoms. The number of hydrogen-bond donors (Lipinski definition) is 1. The Labute approximate surface area is 106 Å². The predicted molar refractivity (Wildman–Crippen MR) is 73.8 cm³/mol. The van der Waals surface area contributed by atoms with Crippen molar-refractivity contribution in [3.63, 3.8) is 0 Å². The Hall–Kier alpha value is -0.250. The number of phenolic OH excluding ortho intramolecular Hbond substituents is 1. The van der Waals surface area contributed by atoms with Gasteiger partial charge in [-0.15, -0.1) is 0 Å². The van der Waals surface area contributed by atoms with Crippen molar-refractivity contribution in [2.24, 2.45) is 5.92 Å². The highest BCUT2D eigenvalue weighted by Crippen LogP contribution is 2.41. The van der Waals surface area contributed by atoms with Gasteiger partial charge in [-0.2, -0.15) is 0 Å². The van der Waals surface area contributed by atoms with Crippen LogP contribution in [-0.2, 0) is 0 Å². The fraction of sp³-hybridized carbons (Fsp3) is 0.538. The van der Waals surface area contributed by atoms with Gasteiger partial charge in [-0.05, 0) is 23.6 Å². The zero-order valence-corrected chi connectivity index (χ0v) is 11.9. The lowest BCUT2D eigenvalue weighted by Crippen LogP contribution is -2.26. The Bertz CT molecular complexity index is 326. The molecule has 1 unspecified atom stereocenters. The fourth-order valence-electron chi connectivity index (χ4n) is 2.29. The molecule has 15 heavy (non-hydrogen) atoms. The number of benzene rings is 1. The van der Waals surface area contributed by atoms with E-state index in [-0.39, 0.29) is 3.42 Å². The number of hydrogen-bond acceptors (Lipinski definition) is 1. The molecule has 84 valence electrons. The molecule has 0 saturated carbocycles. The van der Waals surface area contributed by atoms with Crippen LogP contribution in [0, 0.1) is 5.92 Å². The minimum atomic E-state index is 0.194. The summed E-state index contributed by atoms with van der Waals surface area (Å²) in [5.41, 5.74) is 1.23. The summed E-state index contributed by atoms with van der Waals surface area (Å²) in [6.07, 6.45) is 0. The molecule has 1 aromatic carbocycles. The van der Waals surface area contributed by atoms with E-state index in [0.717, 1.165) is 0 Å². The van der Waals surface area contributed by atoms with Crippen LogP contribution in [0.1, 0.15) is 39.2 Å². The first-order valence-corrected chi connectivity index (χ1v) is 6.38. The molecular formula is C13H19IO. The van der Waals surface area contributed by atoms with Crippen molar-refractivity contribution < 1.29 is 5.11 Å². The summed E-state index contributed by atoms with van der Waals surface area (Å²) < 4.78 is 0.194. The minimum absolute atomic E-state index is 0.194. The Morgan fingerprint density at radius 2 is 1.87 bits per heavy atom. The van der Waals surface area contributed by atoms with Crippen LogP contribution in [-0.4, -0.2) is 8.53 Å². The Morgan fingerprint density at radius 1 is 1.27 bits per heavy atom. The average Bonchev–Trinajstić information content (AvgIpc) is 1.99. The summed E-state index contributed by atoms with van der Waals surface area (Å²) in [7, 11) is 0. The third-order valence-electron chi connectivity index (χ3n) is 2.64. The highest BCUT2D eigenvalue weighted by molar-refractivity contribution is 14.1. The van der Waals surface area contributed by atoms with Gasteiger partial charge in [0.1, 0.15) is 5.75 Å². The lowest BCUT2D eigenvalue weighted by Gasteiger charge is -2.32. The molecule has 0 bridgehead atoms. The first-order chi connectivity index (χ1) is 6.82. The third-order valence-corrected chi connectivity index (χ3v) is 3.31. The van der Waals surface area contributed by atoms with Crippen LogP contribution < -0.4 is 0 Å². The molecule has 0 saturated heterocycles. The molecule has 0 amide bonds. The molecule has 0 aliphatic heterocycles. The SMILES string of the molecule is CC(C)C(c1cccc(O)c1)C(C)(C)I. The molecule has 1 aromatic rings. The maximum Gasteiger partial charge on any atom is 0.115 e. The Kier molecular flexibility index (Phi) is 4.04. The largest absolute Gasteiger partial charge is 0.508 e. The van der Waals surface area contributed by atoms with Gasteiger partial charge in [0.15, 0.2) is 0 Å². The smallest absolute Gasteiger partial charge is 0.115 e. The summed E-state index contributed by atoms with van der Waals surface area (Å²) in [5, 5.41) is 9.51. The quantitative estimate of drug-likeness (QED) is 0.649.